The van der Waals surface area contributed by atoms with Crippen molar-refractivity contribution in [3.8, 4) is 0 Å². The van der Waals surface area contributed by atoms with E-state index in [9.17, 15) is 14.4 Å². The van der Waals surface area contributed by atoms with E-state index in [4.69, 9.17) is 9.15 Å². The molecule has 0 spiro atoms. The van der Waals surface area contributed by atoms with Crippen molar-refractivity contribution in [1.29, 1.82) is 0 Å². The molecule has 2 aromatic rings. The number of thioether (sulfide) groups is 1. The summed E-state index contributed by atoms with van der Waals surface area (Å²) in [5.74, 6) is -0.0814. The third-order valence-corrected chi connectivity index (χ3v) is 6.50. The van der Waals surface area contributed by atoms with E-state index in [1.807, 2.05) is 24.3 Å². The standard InChI is InChI=1S/C21H22N2O5S/c1-13(19(25)22-10-9-15-6-3-4-7-16(15)22)28-21(26)17-12-29-20(23(17)14(2)24)18-8-5-11-27-18/h3-8,11,13,17,20H,9-10,12H2,1-2H3/t13-,17+,20+/m0/s1. The van der Waals surface area contributed by atoms with Gasteiger partial charge in [-0.15, -0.1) is 11.8 Å². The molecule has 1 fully saturated rings. The van der Waals surface area contributed by atoms with Crippen molar-refractivity contribution >= 4 is 35.2 Å². The number of amides is 2. The summed E-state index contributed by atoms with van der Waals surface area (Å²) in [5, 5.41) is -0.378. The Bertz CT molecular complexity index is 929. The number of hydrogen-bond acceptors (Lipinski definition) is 6. The van der Waals surface area contributed by atoms with E-state index >= 15 is 0 Å². The first-order valence-corrected chi connectivity index (χ1v) is 10.6. The highest BCUT2D eigenvalue weighted by Gasteiger charge is 2.44. The molecule has 4 rings (SSSR count). The summed E-state index contributed by atoms with van der Waals surface area (Å²) < 4.78 is 10.9. The van der Waals surface area contributed by atoms with Gasteiger partial charge < -0.3 is 19.0 Å². The molecule has 0 bridgehead atoms. The number of benzene rings is 1. The van der Waals surface area contributed by atoms with E-state index in [0.29, 0.717) is 18.1 Å². The number of carbonyl (C=O) groups excluding carboxylic acids is 3. The van der Waals surface area contributed by atoms with Crippen molar-refractivity contribution in [2.45, 2.75) is 37.8 Å². The zero-order valence-corrected chi connectivity index (χ0v) is 17.1. The summed E-state index contributed by atoms with van der Waals surface area (Å²) in [4.78, 5) is 41.0. The highest BCUT2D eigenvalue weighted by Crippen LogP contribution is 2.42. The smallest absolute Gasteiger partial charge is 0.330 e. The molecule has 0 saturated carbocycles. The first-order valence-electron chi connectivity index (χ1n) is 9.51. The largest absolute Gasteiger partial charge is 0.466 e. The monoisotopic (exact) mass is 414 g/mol. The van der Waals surface area contributed by atoms with Gasteiger partial charge >= 0.3 is 5.97 Å². The Morgan fingerprint density at radius 3 is 2.72 bits per heavy atom. The van der Waals surface area contributed by atoms with E-state index in [1.165, 1.54) is 29.8 Å². The van der Waals surface area contributed by atoms with Crippen LogP contribution >= 0.6 is 11.8 Å². The van der Waals surface area contributed by atoms with Crippen LogP contribution in [0.25, 0.3) is 0 Å². The second kappa shape index (κ2) is 7.94. The van der Waals surface area contributed by atoms with Gasteiger partial charge in [0, 0.05) is 24.9 Å². The molecule has 0 radical (unpaired) electrons. The lowest BCUT2D eigenvalue weighted by Gasteiger charge is -2.27. The number of rotatable bonds is 4. The fourth-order valence-corrected chi connectivity index (χ4v) is 5.23. The van der Waals surface area contributed by atoms with Gasteiger partial charge in [-0.2, -0.15) is 0 Å². The first-order chi connectivity index (χ1) is 14.0. The topological polar surface area (TPSA) is 80.1 Å². The van der Waals surface area contributed by atoms with E-state index in [1.54, 1.807) is 24.0 Å². The molecule has 29 heavy (non-hydrogen) atoms. The lowest BCUT2D eigenvalue weighted by atomic mass is 10.2. The molecule has 0 N–H and O–H groups in total. The quantitative estimate of drug-likeness (QED) is 0.716. The van der Waals surface area contributed by atoms with Gasteiger partial charge in [-0.25, -0.2) is 4.79 Å². The summed E-state index contributed by atoms with van der Waals surface area (Å²) in [6.45, 7) is 3.56. The molecule has 3 atom stereocenters. The van der Waals surface area contributed by atoms with Crippen LogP contribution in [0.3, 0.4) is 0 Å². The maximum absolute atomic E-state index is 12.9. The molecule has 0 unspecified atom stereocenters. The van der Waals surface area contributed by atoms with Gasteiger partial charge in [-0.05, 0) is 37.1 Å². The number of fused-ring (bicyclic) bond motifs is 1. The second-order valence-electron chi connectivity index (χ2n) is 7.09. The van der Waals surface area contributed by atoms with E-state index < -0.39 is 18.1 Å². The molecule has 3 heterocycles. The molecular weight excluding hydrogens is 392 g/mol. The molecule has 152 valence electrons. The fourth-order valence-electron chi connectivity index (χ4n) is 3.81. The Kier molecular flexibility index (Phi) is 5.36. The van der Waals surface area contributed by atoms with E-state index in [-0.39, 0.29) is 17.2 Å². The van der Waals surface area contributed by atoms with Crippen LogP contribution in [0.5, 0.6) is 0 Å². The van der Waals surface area contributed by atoms with Crippen LogP contribution in [-0.2, 0) is 25.5 Å². The third-order valence-electron chi connectivity index (χ3n) is 5.22. The van der Waals surface area contributed by atoms with Crippen LogP contribution in [0, 0.1) is 0 Å². The summed E-state index contributed by atoms with van der Waals surface area (Å²) in [6.07, 6.45) is 1.38. The maximum Gasteiger partial charge on any atom is 0.330 e. The fraction of sp³-hybridized carbons (Fsp3) is 0.381. The Hall–Kier alpha value is -2.74. The number of ether oxygens (including phenoxy) is 1. The second-order valence-corrected chi connectivity index (χ2v) is 8.20. The van der Waals surface area contributed by atoms with Gasteiger partial charge in [0.15, 0.2) is 6.10 Å². The Balaban J connectivity index is 1.45. The van der Waals surface area contributed by atoms with Crippen LogP contribution in [0.1, 0.15) is 30.5 Å². The van der Waals surface area contributed by atoms with E-state index in [0.717, 1.165) is 17.7 Å². The summed E-state index contributed by atoms with van der Waals surface area (Å²) in [6, 6.07) is 10.5. The molecule has 8 heteroatoms. The molecule has 2 amide bonds. The Morgan fingerprint density at radius 2 is 2.00 bits per heavy atom. The first kappa shape index (κ1) is 19.6. The Labute approximate surface area is 173 Å². The van der Waals surface area contributed by atoms with E-state index in [2.05, 4.69) is 0 Å². The highest BCUT2D eigenvalue weighted by molar-refractivity contribution is 7.99. The minimum absolute atomic E-state index is 0.245. The number of para-hydroxylation sites is 1. The molecule has 0 aliphatic carbocycles. The predicted octanol–water partition coefficient (Wildman–Crippen LogP) is 2.76. The molecule has 1 aromatic carbocycles. The Morgan fingerprint density at radius 1 is 1.21 bits per heavy atom. The van der Waals surface area contributed by atoms with Gasteiger partial charge in [-0.3, -0.25) is 9.59 Å². The summed E-state index contributed by atoms with van der Waals surface area (Å²) >= 11 is 1.44. The molecule has 7 nitrogen and oxygen atoms in total. The minimum Gasteiger partial charge on any atom is -0.466 e. The van der Waals surface area contributed by atoms with Gasteiger partial charge in [0.2, 0.25) is 5.91 Å². The molecule has 1 aromatic heterocycles. The van der Waals surface area contributed by atoms with Gasteiger partial charge in [0.1, 0.15) is 17.2 Å². The average molecular weight is 414 g/mol. The lowest BCUT2D eigenvalue weighted by molar-refractivity contribution is -0.160. The predicted molar refractivity (Wildman–Crippen MR) is 108 cm³/mol. The lowest BCUT2D eigenvalue weighted by Crippen LogP contribution is -2.46. The van der Waals surface area contributed by atoms with Crippen molar-refractivity contribution in [1.82, 2.24) is 4.90 Å². The minimum atomic E-state index is -0.935. The number of hydrogen-bond donors (Lipinski definition) is 0. The van der Waals surface area contributed by atoms with Gasteiger partial charge in [0.25, 0.3) is 5.91 Å². The van der Waals surface area contributed by atoms with Crippen LogP contribution in [0.2, 0.25) is 0 Å². The normalized spacial score (nSPS) is 21.7. The van der Waals surface area contributed by atoms with Crippen molar-refractivity contribution < 1.29 is 23.5 Å². The third kappa shape index (κ3) is 3.64. The molecule has 2 aliphatic heterocycles. The molecule has 1 saturated heterocycles. The van der Waals surface area contributed by atoms with Crippen molar-refractivity contribution in [2.24, 2.45) is 0 Å². The summed E-state index contributed by atoms with van der Waals surface area (Å²) in [5.41, 5.74) is 1.97. The number of furan rings is 1. The SMILES string of the molecule is CC(=O)N1[C@@H](C(=O)O[C@@H](C)C(=O)N2CCc3ccccc32)CS[C@@H]1c1ccco1. The van der Waals surface area contributed by atoms with Gasteiger partial charge in [-0.1, -0.05) is 18.2 Å². The average Bonchev–Trinajstić information content (AvgIpc) is 3.45. The summed E-state index contributed by atoms with van der Waals surface area (Å²) in [7, 11) is 0. The van der Waals surface area contributed by atoms with Crippen LogP contribution in [0.15, 0.2) is 47.1 Å². The molecular formula is C21H22N2O5S. The number of nitrogens with zero attached hydrogens (tertiary/aromatic N) is 2. The maximum atomic E-state index is 12.9. The number of carbonyl (C=O) groups is 3. The number of anilines is 1. The molecule has 2 aliphatic rings. The van der Waals surface area contributed by atoms with Crippen LogP contribution < -0.4 is 4.90 Å². The van der Waals surface area contributed by atoms with Crippen molar-refractivity contribution in [3.05, 3.63) is 54.0 Å². The van der Waals surface area contributed by atoms with Crippen molar-refractivity contribution in [3.63, 3.8) is 0 Å². The zero-order valence-electron chi connectivity index (χ0n) is 16.2. The van der Waals surface area contributed by atoms with Crippen LogP contribution in [0.4, 0.5) is 5.69 Å². The number of esters is 1. The van der Waals surface area contributed by atoms with Gasteiger partial charge in [0.05, 0.1) is 6.26 Å². The highest BCUT2D eigenvalue weighted by atomic mass is 32.2. The zero-order chi connectivity index (χ0) is 20.5. The van der Waals surface area contributed by atoms with Crippen LogP contribution in [-0.4, -0.2) is 47.1 Å². The van der Waals surface area contributed by atoms with Crippen molar-refractivity contribution in [2.75, 3.05) is 17.2 Å².